The van der Waals surface area contributed by atoms with E-state index in [1.807, 2.05) is 0 Å². The van der Waals surface area contributed by atoms with E-state index in [4.69, 9.17) is 16.8 Å². The van der Waals surface area contributed by atoms with Crippen molar-refractivity contribution in [3.05, 3.63) is 52.8 Å². The van der Waals surface area contributed by atoms with Gasteiger partial charge in [-0.15, -0.1) is 0 Å². The highest BCUT2D eigenvalue weighted by atomic mass is 35.5. The highest BCUT2D eigenvalue weighted by molar-refractivity contribution is 7.99. The second kappa shape index (κ2) is 6.36. The summed E-state index contributed by atoms with van der Waals surface area (Å²) < 4.78 is 38.2. The highest BCUT2D eigenvalue weighted by Gasteiger charge is 2.31. The van der Waals surface area contributed by atoms with Crippen LogP contribution in [-0.4, -0.2) is 16.4 Å². The molecule has 0 bridgehead atoms. The van der Waals surface area contributed by atoms with E-state index in [9.17, 15) is 13.2 Å². The molecule has 1 aromatic carbocycles. The van der Waals surface area contributed by atoms with E-state index in [1.165, 1.54) is 0 Å². The SMILES string of the molecule is ON=Cc1ncc(C(F)(F)F)cc1Sc1ccc(Cl)cc1. The number of oxime groups is 1. The number of hydrogen-bond donors (Lipinski definition) is 1. The van der Waals surface area contributed by atoms with Crippen molar-refractivity contribution in [2.75, 3.05) is 0 Å². The Morgan fingerprint density at radius 2 is 1.90 bits per heavy atom. The third-order valence-electron chi connectivity index (χ3n) is 2.43. The number of pyridine rings is 1. The summed E-state index contributed by atoms with van der Waals surface area (Å²) in [6.45, 7) is 0. The van der Waals surface area contributed by atoms with Gasteiger partial charge in [0.2, 0.25) is 0 Å². The molecule has 0 aliphatic heterocycles. The van der Waals surface area contributed by atoms with E-state index < -0.39 is 11.7 Å². The molecule has 0 unspecified atom stereocenters. The summed E-state index contributed by atoms with van der Waals surface area (Å²) in [5.41, 5.74) is -0.723. The van der Waals surface area contributed by atoms with E-state index in [0.717, 1.165) is 24.0 Å². The quantitative estimate of drug-likeness (QED) is 0.503. The summed E-state index contributed by atoms with van der Waals surface area (Å²) >= 11 is 6.83. The number of alkyl halides is 3. The minimum Gasteiger partial charge on any atom is -0.411 e. The molecule has 1 heterocycles. The Hall–Kier alpha value is -1.73. The van der Waals surface area contributed by atoms with E-state index in [0.29, 0.717) is 16.1 Å². The molecule has 0 atom stereocenters. The van der Waals surface area contributed by atoms with Crippen LogP contribution in [0.5, 0.6) is 0 Å². The first-order valence-electron chi connectivity index (χ1n) is 5.58. The van der Waals surface area contributed by atoms with Gasteiger partial charge in [-0.1, -0.05) is 28.5 Å². The van der Waals surface area contributed by atoms with Gasteiger partial charge in [0, 0.05) is 21.0 Å². The zero-order valence-corrected chi connectivity index (χ0v) is 11.9. The van der Waals surface area contributed by atoms with Crippen molar-refractivity contribution in [1.29, 1.82) is 0 Å². The van der Waals surface area contributed by atoms with Crippen LogP contribution in [-0.2, 0) is 6.18 Å². The second-order valence-electron chi connectivity index (χ2n) is 3.91. The van der Waals surface area contributed by atoms with Crippen molar-refractivity contribution in [2.24, 2.45) is 5.16 Å². The van der Waals surface area contributed by atoms with Crippen LogP contribution in [0.3, 0.4) is 0 Å². The van der Waals surface area contributed by atoms with Gasteiger partial charge in [-0.25, -0.2) is 0 Å². The molecule has 1 aromatic heterocycles. The minimum atomic E-state index is -4.49. The number of nitrogens with zero attached hydrogens (tertiary/aromatic N) is 2. The highest BCUT2D eigenvalue weighted by Crippen LogP contribution is 2.35. The van der Waals surface area contributed by atoms with Crippen LogP contribution >= 0.6 is 23.4 Å². The Balaban J connectivity index is 2.41. The lowest BCUT2D eigenvalue weighted by Crippen LogP contribution is -2.07. The van der Waals surface area contributed by atoms with Gasteiger partial charge in [-0.2, -0.15) is 13.2 Å². The van der Waals surface area contributed by atoms with Crippen molar-refractivity contribution < 1.29 is 18.4 Å². The molecule has 1 N–H and O–H groups in total. The normalized spacial score (nSPS) is 12.0. The van der Waals surface area contributed by atoms with Crippen molar-refractivity contribution in [3.8, 4) is 0 Å². The lowest BCUT2D eigenvalue weighted by molar-refractivity contribution is -0.138. The van der Waals surface area contributed by atoms with Crippen molar-refractivity contribution >= 4 is 29.6 Å². The van der Waals surface area contributed by atoms with Crippen molar-refractivity contribution in [1.82, 2.24) is 4.98 Å². The average molecular weight is 333 g/mol. The topological polar surface area (TPSA) is 45.5 Å². The summed E-state index contributed by atoms with van der Waals surface area (Å²) in [6, 6.07) is 7.57. The minimum absolute atomic E-state index is 0.144. The van der Waals surface area contributed by atoms with Crippen LogP contribution in [0.15, 0.2) is 51.5 Å². The third-order valence-corrected chi connectivity index (χ3v) is 3.74. The van der Waals surface area contributed by atoms with Gasteiger partial charge in [-0.05, 0) is 30.3 Å². The first-order chi connectivity index (χ1) is 9.90. The van der Waals surface area contributed by atoms with Crippen LogP contribution in [0.25, 0.3) is 0 Å². The molecule has 0 aliphatic carbocycles. The van der Waals surface area contributed by atoms with Crippen molar-refractivity contribution in [2.45, 2.75) is 16.0 Å². The molecule has 110 valence electrons. The predicted octanol–water partition coefficient (Wildman–Crippen LogP) is 4.71. The van der Waals surface area contributed by atoms with Gasteiger partial charge in [0.25, 0.3) is 0 Å². The van der Waals surface area contributed by atoms with E-state index in [2.05, 4.69) is 10.1 Å². The van der Waals surface area contributed by atoms with E-state index in [-0.39, 0.29) is 10.6 Å². The number of halogens is 4. The van der Waals surface area contributed by atoms with Crippen LogP contribution in [0.4, 0.5) is 13.2 Å². The van der Waals surface area contributed by atoms with Crippen LogP contribution in [0.1, 0.15) is 11.3 Å². The van der Waals surface area contributed by atoms with E-state index in [1.54, 1.807) is 24.3 Å². The van der Waals surface area contributed by atoms with E-state index >= 15 is 0 Å². The molecule has 2 rings (SSSR count). The number of hydrogen-bond acceptors (Lipinski definition) is 4. The van der Waals surface area contributed by atoms with Crippen LogP contribution < -0.4 is 0 Å². The molecule has 0 saturated carbocycles. The number of benzene rings is 1. The van der Waals surface area contributed by atoms with Gasteiger partial charge in [0.1, 0.15) is 0 Å². The van der Waals surface area contributed by atoms with Crippen LogP contribution in [0, 0.1) is 0 Å². The lowest BCUT2D eigenvalue weighted by Gasteiger charge is -2.10. The zero-order valence-electron chi connectivity index (χ0n) is 10.3. The number of aromatic nitrogens is 1. The smallest absolute Gasteiger partial charge is 0.411 e. The molecular formula is C13H8ClF3N2OS. The van der Waals surface area contributed by atoms with Crippen molar-refractivity contribution in [3.63, 3.8) is 0 Å². The maximum absolute atomic E-state index is 12.7. The summed E-state index contributed by atoms with van der Waals surface area (Å²) in [5, 5.41) is 11.9. The molecule has 0 aliphatic rings. The van der Waals surface area contributed by atoms with Gasteiger partial charge < -0.3 is 5.21 Å². The standard InChI is InChI=1S/C13H8ClF3N2OS/c14-9-1-3-10(4-2-9)21-12-5-8(13(15,16)17)6-18-11(12)7-19-20/h1-7,20H. The monoisotopic (exact) mass is 332 g/mol. The van der Waals surface area contributed by atoms with Gasteiger partial charge in [0.15, 0.2) is 0 Å². The van der Waals surface area contributed by atoms with Gasteiger partial charge >= 0.3 is 6.18 Å². The molecule has 0 saturated heterocycles. The number of rotatable bonds is 3. The summed E-state index contributed by atoms with van der Waals surface area (Å²) in [4.78, 5) is 4.59. The lowest BCUT2D eigenvalue weighted by atomic mass is 10.2. The Labute approximate surface area is 127 Å². The molecule has 0 amide bonds. The summed E-state index contributed by atoms with van der Waals surface area (Å²) in [7, 11) is 0. The first-order valence-corrected chi connectivity index (χ1v) is 6.77. The molecule has 3 nitrogen and oxygen atoms in total. The fraction of sp³-hybridized carbons (Fsp3) is 0.0769. The zero-order chi connectivity index (χ0) is 15.5. The van der Waals surface area contributed by atoms with Crippen LogP contribution in [0.2, 0.25) is 5.02 Å². The summed E-state index contributed by atoms with van der Waals surface area (Å²) in [6.07, 6.45) is -2.81. The first kappa shape index (κ1) is 15.7. The Morgan fingerprint density at radius 1 is 1.24 bits per heavy atom. The molecule has 0 radical (unpaired) electrons. The largest absolute Gasteiger partial charge is 0.417 e. The maximum Gasteiger partial charge on any atom is 0.417 e. The molecule has 2 aromatic rings. The molecule has 0 spiro atoms. The predicted molar refractivity (Wildman–Crippen MR) is 74.2 cm³/mol. The van der Waals surface area contributed by atoms with Gasteiger partial charge in [-0.3, -0.25) is 4.98 Å². The Bertz CT molecular complexity index is 659. The average Bonchev–Trinajstić information content (AvgIpc) is 2.42. The molecule has 21 heavy (non-hydrogen) atoms. The van der Waals surface area contributed by atoms with Gasteiger partial charge in [0.05, 0.1) is 17.5 Å². The fourth-order valence-electron chi connectivity index (χ4n) is 1.47. The summed E-state index contributed by atoms with van der Waals surface area (Å²) in [5.74, 6) is 0. The molecular weight excluding hydrogens is 325 g/mol. The second-order valence-corrected chi connectivity index (χ2v) is 5.46. The third kappa shape index (κ3) is 4.12. The fourth-order valence-corrected chi connectivity index (χ4v) is 2.52. The Morgan fingerprint density at radius 3 is 2.48 bits per heavy atom. The Kier molecular flexibility index (Phi) is 4.74. The molecule has 8 heteroatoms. The molecule has 0 fully saturated rings. The maximum atomic E-state index is 12.7.